The first kappa shape index (κ1) is 9.07. The summed E-state index contributed by atoms with van der Waals surface area (Å²) in [5.74, 6) is 0. The van der Waals surface area contributed by atoms with Crippen LogP contribution in [0.3, 0.4) is 0 Å². The van der Waals surface area contributed by atoms with Crippen LogP contribution in [-0.2, 0) is 0 Å². The minimum absolute atomic E-state index is 1.29. The summed E-state index contributed by atoms with van der Waals surface area (Å²) in [7, 11) is 1.98. The van der Waals surface area contributed by atoms with Gasteiger partial charge < -0.3 is 5.32 Å². The SMILES string of the molecule is CNC1=C(c2ccccc2)C(C)=C1C. The molecule has 1 aromatic carbocycles. The van der Waals surface area contributed by atoms with E-state index < -0.39 is 0 Å². The molecule has 2 rings (SSSR count). The zero-order chi connectivity index (χ0) is 10.1. The molecule has 0 amide bonds. The molecule has 0 fully saturated rings. The molecule has 0 radical (unpaired) electrons. The van der Waals surface area contributed by atoms with Crippen LogP contribution < -0.4 is 5.32 Å². The van der Waals surface area contributed by atoms with Crippen LogP contribution in [0, 0.1) is 0 Å². The molecule has 0 saturated heterocycles. The normalized spacial score (nSPS) is 15.6. The lowest BCUT2D eigenvalue weighted by Crippen LogP contribution is -2.18. The van der Waals surface area contributed by atoms with Gasteiger partial charge in [0.05, 0.1) is 0 Å². The van der Waals surface area contributed by atoms with E-state index in [1.165, 1.54) is 28.0 Å². The molecule has 1 heteroatoms. The van der Waals surface area contributed by atoms with Gasteiger partial charge in [-0.15, -0.1) is 0 Å². The summed E-state index contributed by atoms with van der Waals surface area (Å²) >= 11 is 0. The van der Waals surface area contributed by atoms with E-state index in [4.69, 9.17) is 0 Å². The van der Waals surface area contributed by atoms with Gasteiger partial charge in [-0.2, -0.15) is 0 Å². The van der Waals surface area contributed by atoms with Gasteiger partial charge in [-0.3, -0.25) is 0 Å². The predicted molar refractivity (Wildman–Crippen MR) is 60.8 cm³/mol. The average Bonchev–Trinajstić information content (AvgIpc) is 2.25. The molecule has 0 aromatic heterocycles. The van der Waals surface area contributed by atoms with Crippen LogP contribution in [0.2, 0.25) is 0 Å². The topological polar surface area (TPSA) is 12.0 Å². The Morgan fingerprint density at radius 3 is 2.14 bits per heavy atom. The van der Waals surface area contributed by atoms with Crippen LogP contribution in [0.1, 0.15) is 19.4 Å². The fourth-order valence-electron chi connectivity index (χ4n) is 1.97. The van der Waals surface area contributed by atoms with Gasteiger partial charge >= 0.3 is 0 Å². The van der Waals surface area contributed by atoms with Crippen molar-refractivity contribution in [1.82, 2.24) is 5.32 Å². The van der Waals surface area contributed by atoms with E-state index >= 15 is 0 Å². The Bertz CT molecular complexity index is 410. The molecule has 1 nitrogen and oxygen atoms in total. The lowest BCUT2D eigenvalue weighted by Gasteiger charge is -2.27. The van der Waals surface area contributed by atoms with Crippen molar-refractivity contribution in [2.75, 3.05) is 7.05 Å². The van der Waals surface area contributed by atoms with Crippen molar-refractivity contribution in [2.45, 2.75) is 13.8 Å². The summed E-state index contributed by atoms with van der Waals surface area (Å²) in [5.41, 5.74) is 6.74. The molecule has 0 atom stereocenters. The van der Waals surface area contributed by atoms with Gasteiger partial charge in [-0.05, 0) is 30.6 Å². The fraction of sp³-hybridized carbons (Fsp3) is 0.231. The number of benzene rings is 1. The highest BCUT2D eigenvalue weighted by Gasteiger charge is 2.22. The number of hydrogen-bond donors (Lipinski definition) is 1. The van der Waals surface area contributed by atoms with Crippen molar-refractivity contribution in [1.29, 1.82) is 0 Å². The van der Waals surface area contributed by atoms with Gasteiger partial charge in [0.1, 0.15) is 0 Å². The van der Waals surface area contributed by atoms with E-state index in [0.29, 0.717) is 0 Å². The van der Waals surface area contributed by atoms with Crippen molar-refractivity contribution >= 4 is 5.57 Å². The molecule has 0 unspecified atom stereocenters. The van der Waals surface area contributed by atoms with E-state index in [-0.39, 0.29) is 0 Å². The highest BCUT2D eigenvalue weighted by Crippen LogP contribution is 2.39. The highest BCUT2D eigenvalue weighted by atomic mass is 14.9. The summed E-state index contributed by atoms with van der Waals surface area (Å²) < 4.78 is 0. The molecular weight excluding hydrogens is 170 g/mol. The van der Waals surface area contributed by atoms with Gasteiger partial charge in [-0.1, -0.05) is 30.3 Å². The molecule has 0 spiro atoms. The maximum absolute atomic E-state index is 3.25. The van der Waals surface area contributed by atoms with Crippen molar-refractivity contribution in [3.05, 3.63) is 52.7 Å². The van der Waals surface area contributed by atoms with Crippen molar-refractivity contribution in [3.63, 3.8) is 0 Å². The van der Waals surface area contributed by atoms with E-state index in [1.807, 2.05) is 13.1 Å². The zero-order valence-electron chi connectivity index (χ0n) is 8.89. The molecule has 72 valence electrons. The maximum Gasteiger partial charge on any atom is 0.0452 e. The van der Waals surface area contributed by atoms with Gasteiger partial charge in [0.25, 0.3) is 0 Å². The number of rotatable bonds is 2. The molecule has 0 saturated carbocycles. The Morgan fingerprint density at radius 1 is 0.929 bits per heavy atom. The molecule has 0 aliphatic heterocycles. The second-order valence-corrected chi connectivity index (χ2v) is 3.62. The molecule has 1 aromatic rings. The van der Waals surface area contributed by atoms with E-state index in [9.17, 15) is 0 Å². The molecule has 1 N–H and O–H groups in total. The summed E-state index contributed by atoms with van der Waals surface area (Å²) in [4.78, 5) is 0. The minimum Gasteiger partial charge on any atom is -0.387 e. The van der Waals surface area contributed by atoms with Crippen LogP contribution in [0.4, 0.5) is 0 Å². The quantitative estimate of drug-likeness (QED) is 0.747. The summed E-state index contributed by atoms with van der Waals surface area (Å²) in [6.07, 6.45) is 0. The fourth-order valence-corrected chi connectivity index (χ4v) is 1.97. The summed E-state index contributed by atoms with van der Waals surface area (Å²) in [5, 5.41) is 3.25. The first-order chi connectivity index (χ1) is 6.75. The lowest BCUT2D eigenvalue weighted by atomic mass is 9.82. The number of nitrogens with one attached hydrogen (secondary N) is 1. The standard InChI is InChI=1S/C13H15N/c1-9-10(2)13(14-3)12(9)11-7-5-4-6-8-11/h4-8,14H,1-3H3. The second kappa shape index (κ2) is 3.33. The third kappa shape index (κ3) is 1.17. The van der Waals surface area contributed by atoms with E-state index in [1.54, 1.807) is 0 Å². The Morgan fingerprint density at radius 2 is 1.57 bits per heavy atom. The Hall–Kier alpha value is -1.50. The zero-order valence-corrected chi connectivity index (χ0v) is 8.89. The lowest BCUT2D eigenvalue weighted by molar-refractivity contribution is 0.965. The Kier molecular flexibility index (Phi) is 2.16. The summed E-state index contributed by atoms with van der Waals surface area (Å²) in [6, 6.07) is 10.5. The van der Waals surface area contributed by atoms with Crippen LogP contribution >= 0.6 is 0 Å². The van der Waals surface area contributed by atoms with Crippen LogP contribution in [0.15, 0.2) is 47.2 Å². The molecule has 0 bridgehead atoms. The second-order valence-electron chi connectivity index (χ2n) is 3.62. The molecule has 1 aliphatic rings. The molecular formula is C13H15N. The van der Waals surface area contributed by atoms with Crippen LogP contribution in [-0.4, -0.2) is 7.05 Å². The first-order valence-corrected chi connectivity index (χ1v) is 4.91. The van der Waals surface area contributed by atoms with Crippen LogP contribution in [0.5, 0.6) is 0 Å². The monoisotopic (exact) mass is 185 g/mol. The highest BCUT2D eigenvalue weighted by molar-refractivity contribution is 5.91. The molecule has 0 heterocycles. The number of likely N-dealkylation sites (N-methyl/N-ethyl adjacent to an activating group) is 1. The third-order valence-corrected chi connectivity index (χ3v) is 2.87. The maximum atomic E-state index is 3.25. The van der Waals surface area contributed by atoms with Gasteiger partial charge in [-0.25, -0.2) is 0 Å². The first-order valence-electron chi connectivity index (χ1n) is 4.91. The van der Waals surface area contributed by atoms with E-state index in [2.05, 4.69) is 43.4 Å². The van der Waals surface area contributed by atoms with Crippen LogP contribution in [0.25, 0.3) is 5.57 Å². The van der Waals surface area contributed by atoms with Crippen molar-refractivity contribution in [3.8, 4) is 0 Å². The van der Waals surface area contributed by atoms with Crippen molar-refractivity contribution < 1.29 is 0 Å². The average molecular weight is 185 g/mol. The summed E-state index contributed by atoms with van der Waals surface area (Å²) in [6.45, 7) is 4.34. The van der Waals surface area contributed by atoms with Gasteiger partial charge in [0.2, 0.25) is 0 Å². The predicted octanol–water partition coefficient (Wildman–Crippen LogP) is 2.97. The minimum atomic E-state index is 1.29. The largest absolute Gasteiger partial charge is 0.387 e. The Labute approximate surface area is 85.2 Å². The number of hydrogen-bond acceptors (Lipinski definition) is 1. The van der Waals surface area contributed by atoms with Crippen molar-refractivity contribution in [2.24, 2.45) is 0 Å². The number of allylic oxidation sites excluding steroid dienone is 3. The van der Waals surface area contributed by atoms with Gasteiger partial charge in [0.15, 0.2) is 0 Å². The Balaban J connectivity index is 2.42. The smallest absolute Gasteiger partial charge is 0.0452 e. The molecule has 14 heavy (non-hydrogen) atoms. The van der Waals surface area contributed by atoms with Gasteiger partial charge in [0, 0.05) is 18.3 Å². The van der Waals surface area contributed by atoms with E-state index in [0.717, 1.165) is 0 Å². The molecule has 1 aliphatic carbocycles. The third-order valence-electron chi connectivity index (χ3n) is 2.87.